The van der Waals surface area contributed by atoms with E-state index in [1.165, 1.54) is 12.3 Å². The van der Waals surface area contributed by atoms with E-state index in [1.807, 2.05) is 15.5 Å². The molecule has 1 aromatic carbocycles. The number of benzene rings is 1. The second-order valence-electron chi connectivity index (χ2n) is 6.51. The maximum absolute atomic E-state index is 13.3. The highest BCUT2D eigenvalue weighted by Gasteiger charge is 2.24. The molecule has 0 bridgehead atoms. The Balaban J connectivity index is 1.66. The number of fused-ring (bicyclic) bond motifs is 1. The lowest BCUT2D eigenvalue weighted by Gasteiger charge is -2.29. The number of rotatable bonds is 4. The van der Waals surface area contributed by atoms with Crippen molar-refractivity contribution in [3.63, 3.8) is 0 Å². The Kier molecular flexibility index (Phi) is 4.61. The van der Waals surface area contributed by atoms with Crippen LogP contribution < -0.4 is 10.5 Å². The van der Waals surface area contributed by atoms with E-state index in [4.69, 9.17) is 0 Å². The first-order chi connectivity index (χ1) is 13.6. The summed E-state index contributed by atoms with van der Waals surface area (Å²) in [5.74, 6) is 0. The minimum Gasteiger partial charge on any atom is -0.363 e. The van der Waals surface area contributed by atoms with E-state index in [0.717, 1.165) is 11.4 Å². The summed E-state index contributed by atoms with van der Waals surface area (Å²) in [6.07, 6.45) is 1.18. The maximum Gasteiger partial charge on any atom is 0.284 e. The van der Waals surface area contributed by atoms with Gasteiger partial charge < -0.3 is 9.47 Å². The zero-order valence-electron chi connectivity index (χ0n) is 14.8. The van der Waals surface area contributed by atoms with E-state index in [0.29, 0.717) is 30.8 Å². The van der Waals surface area contributed by atoms with Crippen molar-refractivity contribution in [1.82, 2.24) is 19.7 Å². The lowest BCUT2D eigenvalue weighted by molar-refractivity contribution is 0.150. The number of aromatic nitrogens is 4. The second kappa shape index (κ2) is 7.23. The summed E-state index contributed by atoms with van der Waals surface area (Å²) in [4.78, 5) is 18.2. The van der Waals surface area contributed by atoms with Gasteiger partial charge in [-0.15, -0.1) is 0 Å². The van der Waals surface area contributed by atoms with E-state index in [1.54, 1.807) is 24.5 Å². The first-order valence-electron chi connectivity index (χ1n) is 8.70. The van der Waals surface area contributed by atoms with E-state index < -0.39 is 12.0 Å². The summed E-state index contributed by atoms with van der Waals surface area (Å²) in [6.45, 7) is 1.26. The molecule has 0 unspecified atom stereocenters. The maximum atomic E-state index is 13.3. The van der Waals surface area contributed by atoms with E-state index in [2.05, 4.69) is 15.2 Å². The average Bonchev–Trinajstić information content (AvgIpc) is 3.10. The Labute approximate surface area is 158 Å². The van der Waals surface area contributed by atoms with Crippen molar-refractivity contribution in [2.45, 2.75) is 25.9 Å². The molecule has 4 rings (SSSR count). The van der Waals surface area contributed by atoms with Gasteiger partial charge in [0, 0.05) is 25.1 Å². The van der Waals surface area contributed by atoms with Gasteiger partial charge in [0.1, 0.15) is 11.6 Å². The van der Waals surface area contributed by atoms with Crippen LogP contribution in [0.25, 0.3) is 0 Å². The lowest BCUT2D eigenvalue weighted by atomic mass is 10.1. The third-order valence-electron chi connectivity index (χ3n) is 4.91. The standard InChI is InChI=1S/C19H16F2N6O/c20-18(21)13-4-2-1-3-12(13)9-27-11-23-15-5-6-26(10-17(15)27)16-8-24-25-19(28)14(16)7-22/h1-4,8,11,18H,5-6,9-10H2,(H,25,28). The van der Waals surface area contributed by atoms with E-state index in [-0.39, 0.29) is 17.7 Å². The average molecular weight is 382 g/mol. The highest BCUT2D eigenvalue weighted by molar-refractivity contribution is 5.57. The molecule has 1 N–H and O–H groups in total. The third kappa shape index (κ3) is 3.13. The molecule has 28 heavy (non-hydrogen) atoms. The number of nitrogens with one attached hydrogen (secondary N) is 1. The molecule has 0 saturated heterocycles. The minimum atomic E-state index is -2.55. The van der Waals surface area contributed by atoms with Crippen LogP contribution in [0.3, 0.4) is 0 Å². The van der Waals surface area contributed by atoms with E-state index >= 15 is 0 Å². The van der Waals surface area contributed by atoms with Gasteiger partial charge in [0.15, 0.2) is 0 Å². The molecule has 7 nitrogen and oxygen atoms in total. The molecule has 142 valence electrons. The van der Waals surface area contributed by atoms with Crippen molar-refractivity contribution in [3.05, 3.63) is 75.2 Å². The largest absolute Gasteiger partial charge is 0.363 e. The number of aromatic amines is 1. The van der Waals surface area contributed by atoms with Crippen LogP contribution in [-0.4, -0.2) is 26.3 Å². The molecule has 2 aromatic heterocycles. The second-order valence-corrected chi connectivity index (χ2v) is 6.51. The van der Waals surface area contributed by atoms with Crippen molar-refractivity contribution in [3.8, 4) is 6.07 Å². The van der Waals surface area contributed by atoms with Gasteiger partial charge in [0.05, 0.1) is 36.1 Å². The summed E-state index contributed by atoms with van der Waals surface area (Å²) >= 11 is 0. The van der Waals surface area contributed by atoms with Gasteiger partial charge in [-0.05, 0) is 5.56 Å². The zero-order chi connectivity index (χ0) is 19.7. The molecule has 3 aromatic rings. The Hall–Kier alpha value is -3.54. The Morgan fingerprint density at radius 2 is 2.14 bits per heavy atom. The number of nitrogens with zero attached hydrogens (tertiary/aromatic N) is 5. The molecule has 0 amide bonds. The first kappa shape index (κ1) is 17.9. The summed E-state index contributed by atoms with van der Waals surface area (Å²) in [5.41, 5.74) is 2.23. The van der Waals surface area contributed by atoms with Crippen LogP contribution in [0, 0.1) is 11.3 Å². The van der Waals surface area contributed by atoms with Crippen LogP contribution in [0.4, 0.5) is 14.5 Å². The van der Waals surface area contributed by atoms with Crippen LogP contribution in [0.15, 0.2) is 41.6 Å². The molecule has 0 radical (unpaired) electrons. The molecule has 1 aliphatic rings. The third-order valence-corrected chi connectivity index (χ3v) is 4.91. The molecule has 0 spiro atoms. The summed E-state index contributed by atoms with van der Waals surface area (Å²) in [5, 5.41) is 15.4. The summed E-state index contributed by atoms with van der Waals surface area (Å²) in [7, 11) is 0. The number of nitriles is 1. The normalized spacial score (nSPS) is 13.4. The number of hydrogen-bond acceptors (Lipinski definition) is 5. The molecule has 3 heterocycles. The topological polar surface area (TPSA) is 90.6 Å². The van der Waals surface area contributed by atoms with Gasteiger partial charge in [-0.2, -0.15) is 10.4 Å². The number of halogens is 2. The van der Waals surface area contributed by atoms with Crippen LogP contribution in [-0.2, 0) is 19.5 Å². The van der Waals surface area contributed by atoms with Crippen LogP contribution in [0.1, 0.15) is 34.5 Å². The van der Waals surface area contributed by atoms with Gasteiger partial charge in [-0.1, -0.05) is 24.3 Å². The van der Waals surface area contributed by atoms with Crippen molar-refractivity contribution in [2.24, 2.45) is 0 Å². The van der Waals surface area contributed by atoms with Crippen LogP contribution in [0.5, 0.6) is 0 Å². The minimum absolute atomic E-state index is 0.00294. The number of imidazole rings is 1. The predicted octanol–water partition coefficient (Wildman–Crippen LogP) is 2.39. The summed E-state index contributed by atoms with van der Waals surface area (Å²) < 4.78 is 28.4. The molecule has 0 aliphatic carbocycles. The number of anilines is 1. The molecule has 1 aliphatic heterocycles. The highest BCUT2D eigenvalue weighted by atomic mass is 19.3. The van der Waals surface area contributed by atoms with Gasteiger partial charge in [-0.25, -0.2) is 18.9 Å². The van der Waals surface area contributed by atoms with Gasteiger partial charge in [0.2, 0.25) is 0 Å². The fourth-order valence-electron chi connectivity index (χ4n) is 3.49. The number of hydrogen-bond donors (Lipinski definition) is 1. The van der Waals surface area contributed by atoms with Crippen molar-refractivity contribution in [1.29, 1.82) is 5.26 Å². The van der Waals surface area contributed by atoms with Gasteiger partial charge >= 0.3 is 0 Å². The SMILES string of the molecule is N#Cc1c(N2CCc3ncn(Cc4ccccc4C(F)F)c3C2)cn[nH]c1=O. The Bertz CT molecular complexity index is 1110. The quantitative estimate of drug-likeness (QED) is 0.748. The molecular formula is C19H16F2N6O. The van der Waals surface area contributed by atoms with Crippen molar-refractivity contribution in [2.75, 3.05) is 11.4 Å². The molecular weight excluding hydrogens is 366 g/mol. The Morgan fingerprint density at radius 3 is 2.93 bits per heavy atom. The zero-order valence-corrected chi connectivity index (χ0v) is 14.8. The lowest BCUT2D eigenvalue weighted by Crippen LogP contribution is -2.33. The summed E-state index contributed by atoms with van der Waals surface area (Å²) in [6, 6.07) is 8.36. The Morgan fingerprint density at radius 1 is 1.32 bits per heavy atom. The smallest absolute Gasteiger partial charge is 0.284 e. The fraction of sp³-hybridized carbons (Fsp3) is 0.263. The highest BCUT2D eigenvalue weighted by Crippen LogP contribution is 2.27. The molecule has 0 atom stereocenters. The van der Waals surface area contributed by atoms with Crippen LogP contribution >= 0.6 is 0 Å². The first-order valence-corrected chi connectivity index (χ1v) is 8.70. The van der Waals surface area contributed by atoms with Crippen LogP contribution in [0.2, 0.25) is 0 Å². The van der Waals surface area contributed by atoms with Gasteiger partial charge in [0.25, 0.3) is 12.0 Å². The van der Waals surface area contributed by atoms with Crippen molar-refractivity contribution >= 4 is 5.69 Å². The number of H-pyrrole nitrogens is 1. The monoisotopic (exact) mass is 382 g/mol. The predicted molar refractivity (Wildman–Crippen MR) is 97.1 cm³/mol. The molecule has 0 saturated carbocycles. The van der Waals surface area contributed by atoms with Crippen molar-refractivity contribution < 1.29 is 8.78 Å². The number of alkyl halides is 2. The fourth-order valence-corrected chi connectivity index (χ4v) is 3.49. The van der Waals surface area contributed by atoms with E-state index in [9.17, 15) is 18.8 Å². The van der Waals surface area contributed by atoms with Gasteiger partial charge in [-0.3, -0.25) is 4.79 Å². The molecule has 9 heteroatoms. The molecule has 0 fully saturated rings.